The molecule has 4 nitrogen and oxygen atoms in total. The van der Waals surface area contributed by atoms with Crippen molar-refractivity contribution in [2.24, 2.45) is 7.05 Å². The van der Waals surface area contributed by atoms with Crippen LogP contribution in [0.5, 0.6) is 5.75 Å². The monoisotopic (exact) mass is 321 g/mol. The zero-order valence-corrected chi connectivity index (χ0v) is 12.5. The van der Waals surface area contributed by atoms with Gasteiger partial charge in [-0.3, -0.25) is 0 Å². The number of ether oxygens (including phenoxy) is 1. The Kier molecular flexibility index (Phi) is 3.33. The van der Waals surface area contributed by atoms with Crippen molar-refractivity contribution in [1.82, 2.24) is 14.9 Å². The van der Waals surface area contributed by atoms with Gasteiger partial charge in [-0.2, -0.15) is 0 Å². The summed E-state index contributed by atoms with van der Waals surface area (Å²) in [5.41, 5.74) is 2.31. The number of imidazole rings is 1. The number of nitrogens with zero attached hydrogens (tertiary/aromatic N) is 2. The number of hydrogen-bond acceptors (Lipinski definition) is 3. The molecule has 2 heterocycles. The molecule has 0 radical (unpaired) electrons. The Morgan fingerprint density at radius 1 is 1.47 bits per heavy atom. The van der Waals surface area contributed by atoms with Crippen LogP contribution < -0.4 is 10.1 Å². The van der Waals surface area contributed by atoms with Gasteiger partial charge in [-0.1, -0.05) is 22.0 Å². The molecule has 0 saturated carbocycles. The van der Waals surface area contributed by atoms with Crippen molar-refractivity contribution in [3.8, 4) is 5.75 Å². The third kappa shape index (κ3) is 2.28. The van der Waals surface area contributed by atoms with Crippen LogP contribution in [0.15, 0.2) is 35.2 Å². The second-order valence-corrected chi connectivity index (χ2v) is 5.71. The Bertz CT molecular complexity index is 596. The highest BCUT2D eigenvalue weighted by Gasteiger charge is 2.29. The van der Waals surface area contributed by atoms with Gasteiger partial charge in [0.15, 0.2) is 0 Å². The SMILES string of the molecule is CNC1CC(c2cncn2C)Oc2cc(Br)ccc21. The second-order valence-electron chi connectivity index (χ2n) is 4.80. The average molecular weight is 322 g/mol. The lowest BCUT2D eigenvalue weighted by atomic mass is 9.95. The molecule has 2 unspecified atom stereocenters. The molecule has 1 aliphatic heterocycles. The van der Waals surface area contributed by atoms with Crippen molar-refractivity contribution in [2.45, 2.75) is 18.6 Å². The summed E-state index contributed by atoms with van der Waals surface area (Å²) in [5, 5.41) is 3.37. The first-order chi connectivity index (χ1) is 9.19. The summed E-state index contributed by atoms with van der Waals surface area (Å²) in [5.74, 6) is 0.936. The van der Waals surface area contributed by atoms with Gasteiger partial charge in [0.05, 0.1) is 18.2 Å². The molecule has 2 aromatic rings. The van der Waals surface area contributed by atoms with E-state index in [0.717, 1.165) is 22.3 Å². The van der Waals surface area contributed by atoms with Crippen molar-refractivity contribution >= 4 is 15.9 Å². The lowest BCUT2D eigenvalue weighted by Crippen LogP contribution is -2.27. The molecular weight excluding hydrogens is 306 g/mol. The van der Waals surface area contributed by atoms with Gasteiger partial charge in [-0.25, -0.2) is 4.98 Å². The van der Waals surface area contributed by atoms with E-state index in [-0.39, 0.29) is 6.10 Å². The van der Waals surface area contributed by atoms with Crippen molar-refractivity contribution < 1.29 is 4.74 Å². The smallest absolute Gasteiger partial charge is 0.142 e. The van der Waals surface area contributed by atoms with E-state index in [9.17, 15) is 0 Å². The van der Waals surface area contributed by atoms with Crippen molar-refractivity contribution in [2.75, 3.05) is 7.05 Å². The second kappa shape index (κ2) is 4.98. The van der Waals surface area contributed by atoms with E-state index in [1.54, 1.807) is 0 Å². The number of halogens is 1. The number of nitrogens with one attached hydrogen (secondary N) is 1. The van der Waals surface area contributed by atoms with Crippen molar-refractivity contribution in [3.63, 3.8) is 0 Å². The molecule has 19 heavy (non-hydrogen) atoms. The van der Waals surface area contributed by atoms with Crippen LogP contribution in [0.2, 0.25) is 0 Å². The Morgan fingerprint density at radius 2 is 2.32 bits per heavy atom. The predicted octanol–water partition coefficient (Wildman–Crippen LogP) is 2.97. The predicted molar refractivity (Wildman–Crippen MR) is 77.1 cm³/mol. The zero-order valence-electron chi connectivity index (χ0n) is 10.9. The Balaban J connectivity index is 1.99. The van der Waals surface area contributed by atoms with Crippen LogP contribution in [-0.2, 0) is 7.05 Å². The molecule has 0 saturated heterocycles. The normalized spacial score (nSPS) is 21.8. The van der Waals surface area contributed by atoms with Gasteiger partial charge in [-0.05, 0) is 19.2 Å². The molecule has 0 spiro atoms. The van der Waals surface area contributed by atoms with Crippen LogP contribution in [0.1, 0.15) is 29.8 Å². The molecule has 0 fully saturated rings. The molecule has 0 amide bonds. The van der Waals surface area contributed by atoms with Gasteiger partial charge >= 0.3 is 0 Å². The molecule has 2 atom stereocenters. The Labute approximate surface area is 120 Å². The molecule has 1 aliphatic rings. The number of aromatic nitrogens is 2. The van der Waals surface area contributed by atoms with Crippen LogP contribution in [-0.4, -0.2) is 16.6 Å². The molecule has 1 aromatic heterocycles. The number of fused-ring (bicyclic) bond motifs is 1. The molecular formula is C14H16BrN3O. The third-order valence-corrected chi connectivity index (χ3v) is 4.10. The van der Waals surface area contributed by atoms with Gasteiger partial charge < -0.3 is 14.6 Å². The summed E-state index contributed by atoms with van der Waals surface area (Å²) >= 11 is 3.50. The summed E-state index contributed by atoms with van der Waals surface area (Å²) in [7, 11) is 3.98. The summed E-state index contributed by atoms with van der Waals surface area (Å²) in [6.07, 6.45) is 4.63. The fraction of sp³-hybridized carbons (Fsp3) is 0.357. The van der Waals surface area contributed by atoms with Gasteiger partial charge in [0.2, 0.25) is 0 Å². The molecule has 0 bridgehead atoms. The van der Waals surface area contributed by atoms with Crippen molar-refractivity contribution in [3.05, 3.63) is 46.5 Å². The number of benzene rings is 1. The molecule has 1 N–H and O–H groups in total. The first kappa shape index (κ1) is 12.7. The molecule has 100 valence electrons. The highest BCUT2D eigenvalue weighted by atomic mass is 79.9. The highest BCUT2D eigenvalue weighted by molar-refractivity contribution is 9.10. The van der Waals surface area contributed by atoms with Gasteiger partial charge in [0.1, 0.15) is 11.9 Å². The van der Waals surface area contributed by atoms with Gasteiger partial charge in [0.25, 0.3) is 0 Å². The number of hydrogen-bond donors (Lipinski definition) is 1. The minimum Gasteiger partial charge on any atom is -0.484 e. The first-order valence-electron chi connectivity index (χ1n) is 6.28. The molecule has 1 aromatic carbocycles. The quantitative estimate of drug-likeness (QED) is 0.924. The largest absolute Gasteiger partial charge is 0.484 e. The number of rotatable bonds is 2. The average Bonchev–Trinajstić information content (AvgIpc) is 2.83. The van der Waals surface area contributed by atoms with E-state index in [4.69, 9.17) is 4.74 Å². The summed E-state index contributed by atoms with van der Waals surface area (Å²) in [4.78, 5) is 4.17. The topological polar surface area (TPSA) is 39.1 Å². The maximum Gasteiger partial charge on any atom is 0.142 e. The van der Waals surface area contributed by atoms with Crippen LogP contribution in [0.3, 0.4) is 0 Å². The van der Waals surface area contributed by atoms with Crippen LogP contribution >= 0.6 is 15.9 Å². The lowest BCUT2D eigenvalue weighted by molar-refractivity contribution is 0.147. The van der Waals surface area contributed by atoms with Crippen LogP contribution in [0, 0.1) is 0 Å². The standard InChI is InChI=1S/C14H16BrN3O/c1-16-11-6-14(12-7-17-8-18(12)2)19-13-5-9(15)3-4-10(11)13/h3-5,7-8,11,14,16H,6H2,1-2H3. The van der Waals surface area contributed by atoms with Crippen molar-refractivity contribution in [1.29, 1.82) is 0 Å². The van der Waals surface area contributed by atoms with Gasteiger partial charge in [0, 0.05) is 29.5 Å². The van der Waals surface area contributed by atoms with E-state index in [1.165, 1.54) is 5.56 Å². The lowest BCUT2D eigenvalue weighted by Gasteiger charge is -2.32. The van der Waals surface area contributed by atoms with E-state index in [0.29, 0.717) is 6.04 Å². The van der Waals surface area contributed by atoms with E-state index in [2.05, 4.69) is 38.4 Å². The summed E-state index contributed by atoms with van der Waals surface area (Å²) in [6, 6.07) is 6.50. The van der Waals surface area contributed by atoms with E-state index < -0.39 is 0 Å². The Morgan fingerprint density at radius 3 is 3.00 bits per heavy atom. The maximum absolute atomic E-state index is 6.14. The maximum atomic E-state index is 6.14. The third-order valence-electron chi connectivity index (χ3n) is 3.60. The Hall–Kier alpha value is -1.33. The zero-order chi connectivity index (χ0) is 13.4. The molecule has 5 heteroatoms. The van der Waals surface area contributed by atoms with Gasteiger partial charge in [-0.15, -0.1) is 0 Å². The summed E-state index contributed by atoms with van der Waals surface area (Å²) < 4.78 is 9.19. The molecule has 0 aliphatic carbocycles. The van der Waals surface area contributed by atoms with E-state index in [1.807, 2.05) is 37.3 Å². The summed E-state index contributed by atoms with van der Waals surface area (Å²) in [6.45, 7) is 0. The minimum atomic E-state index is 0.0340. The number of aryl methyl sites for hydroxylation is 1. The fourth-order valence-electron chi connectivity index (χ4n) is 2.57. The van der Waals surface area contributed by atoms with Crippen LogP contribution in [0.4, 0.5) is 0 Å². The first-order valence-corrected chi connectivity index (χ1v) is 7.08. The highest BCUT2D eigenvalue weighted by Crippen LogP contribution is 2.41. The minimum absolute atomic E-state index is 0.0340. The molecule has 3 rings (SSSR count). The van der Waals surface area contributed by atoms with E-state index >= 15 is 0 Å². The van der Waals surface area contributed by atoms with Crippen LogP contribution in [0.25, 0.3) is 0 Å². The fourth-order valence-corrected chi connectivity index (χ4v) is 2.91.